The van der Waals surface area contributed by atoms with Gasteiger partial charge in [0.2, 0.25) is 5.91 Å². The quantitative estimate of drug-likeness (QED) is 0.873. The van der Waals surface area contributed by atoms with Crippen LogP contribution in [0.4, 0.5) is 0 Å². The maximum Gasteiger partial charge on any atom is 0.217 e. The number of nitrogens with two attached hydrogens (primary N) is 1. The number of hydrogen-bond acceptors (Lipinski definition) is 2. The number of primary amides is 1. The normalized spacial score (nSPS) is 12.2. The van der Waals surface area contributed by atoms with Gasteiger partial charge in [-0.2, -0.15) is 0 Å². The van der Waals surface area contributed by atoms with E-state index in [2.05, 4.69) is 15.9 Å². The zero-order chi connectivity index (χ0) is 12.8. The fourth-order valence-corrected chi connectivity index (χ4v) is 1.80. The van der Waals surface area contributed by atoms with Crippen LogP contribution < -0.4 is 10.5 Å². The summed E-state index contributed by atoms with van der Waals surface area (Å²) in [6.45, 7) is 2.53. The maximum atomic E-state index is 10.6. The molecule has 0 unspecified atom stereocenters. The third-order valence-corrected chi connectivity index (χ3v) is 3.11. The van der Waals surface area contributed by atoms with Gasteiger partial charge < -0.3 is 10.5 Å². The number of benzene rings is 1. The van der Waals surface area contributed by atoms with E-state index in [1.807, 2.05) is 19.1 Å². The van der Waals surface area contributed by atoms with E-state index in [1.54, 1.807) is 6.07 Å². The Balaban J connectivity index is 2.44. The Morgan fingerprint density at radius 2 is 2.29 bits per heavy atom. The number of halogens is 2. The molecule has 0 aliphatic heterocycles. The van der Waals surface area contributed by atoms with Gasteiger partial charge >= 0.3 is 0 Å². The van der Waals surface area contributed by atoms with E-state index in [-0.39, 0.29) is 11.8 Å². The van der Waals surface area contributed by atoms with Gasteiger partial charge in [0.05, 0.1) is 11.6 Å². The fraction of sp³-hybridized carbons (Fsp3) is 0.417. The first-order valence-corrected chi connectivity index (χ1v) is 6.52. The van der Waals surface area contributed by atoms with Crippen LogP contribution >= 0.6 is 27.5 Å². The minimum atomic E-state index is -0.280. The lowest BCUT2D eigenvalue weighted by atomic mass is 10.1. The molecule has 0 aliphatic rings. The number of amides is 1. The van der Waals surface area contributed by atoms with Crippen LogP contribution in [0.2, 0.25) is 5.02 Å². The molecule has 5 heteroatoms. The summed E-state index contributed by atoms with van der Waals surface area (Å²) in [6, 6.07) is 5.45. The Labute approximate surface area is 114 Å². The third-order valence-electron chi connectivity index (χ3n) is 2.30. The molecule has 94 valence electrons. The van der Waals surface area contributed by atoms with Crippen molar-refractivity contribution in [1.82, 2.24) is 0 Å². The van der Waals surface area contributed by atoms with Crippen molar-refractivity contribution >= 4 is 33.4 Å². The fourth-order valence-electron chi connectivity index (χ4n) is 1.29. The number of hydrogen-bond donors (Lipinski definition) is 1. The standard InChI is InChI=1S/C12H15BrClNO2/c1-8(2-5-12(15)16)7-17-11-6-9(13)3-4-10(11)14/h3-4,6,8H,2,5,7H2,1H3,(H2,15,16)/t8-/m0/s1. The summed E-state index contributed by atoms with van der Waals surface area (Å²) in [5.74, 6) is 0.627. The van der Waals surface area contributed by atoms with Gasteiger partial charge in [-0.1, -0.05) is 34.5 Å². The molecular weight excluding hydrogens is 305 g/mol. The van der Waals surface area contributed by atoms with E-state index >= 15 is 0 Å². The lowest BCUT2D eigenvalue weighted by molar-refractivity contribution is -0.118. The van der Waals surface area contributed by atoms with Gasteiger partial charge in [0.1, 0.15) is 5.75 Å². The van der Waals surface area contributed by atoms with Gasteiger partial charge in [0.15, 0.2) is 0 Å². The van der Waals surface area contributed by atoms with Crippen molar-refractivity contribution in [3.05, 3.63) is 27.7 Å². The summed E-state index contributed by atoms with van der Waals surface area (Å²) in [5, 5.41) is 0.579. The highest BCUT2D eigenvalue weighted by molar-refractivity contribution is 9.10. The van der Waals surface area contributed by atoms with Gasteiger partial charge in [-0.15, -0.1) is 0 Å². The molecule has 0 fully saturated rings. The second-order valence-corrected chi connectivity index (χ2v) is 5.32. The molecule has 0 radical (unpaired) electrons. The Kier molecular flexibility index (Phi) is 5.78. The van der Waals surface area contributed by atoms with Crippen molar-refractivity contribution in [2.75, 3.05) is 6.61 Å². The first-order chi connectivity index (χ1) is 7.99. The second-order valence-electron chi connectivity index (χ2n) is 4.00. The minimum absolute atomic E-state index is 0.262. The van der Waals surface area contributed by atoms with Crippen molar-refractivity contribution in [2.24, 2.45) is 11.7 Å². The van der Waals surface area contributed by atoms with E-state index in [9.17, 15) is 4.79 Å². The first-order valence-electron chi connectivity index (χ1n) is 5.35. The van der Waals surface area contributed by atoms with Crippen LogP contribution in [-0.2, 0) is 4.79 Å². The van der Waals surface area contributed by atoms with E-state index in [0.29, 0.717) is 23.8 Å². The Morgan fingerprint density at radius 1 is 1.59 bits per heavy atom. The number of ether oxygens (including phenoxy) is 1. The maximum absolute atomic E-state index is 10.6. The van der Waals surface area contributed by atoms with E-state index < -0.39 is 0 Å². The van der Waals surface area contributed by atoms with Crippen molar-refractivity contribution in [2.45, 2.75) is 19.8 Å². The molecule has 0 heterocycles. The van der Waals surface area contributed by atoms with E-state index in [1.165, 1.54) is 0 Å². The molecule has 0 aliphatic carbocycles. The molecule has 0 saturated carbocycles. The SMILES string of the molecule is C[C@@H](CCC(N)=O)COc1cc(Br)ccc1Cl. The number of rotatable bonds is 6. The first kappa shape index (κ1) is 14.3. The predicted molar refractivity (Wildman–Crippen MR) is 72.2 cm³/mol. The highest BCUT2D eigenvalue weighted by Crippen LogP contribution is 2.28. The predicted octanol–water partition coefficient (Wildman–Crippen LogP) is 3.38. The molecular formula is C12H15BrClNO2. The largest absolute Gasteiger partial charge is 0.492 e. The number of carbonyl (C=O) groups excluding carboxylic acids is 1. The molecule has 0 spiro atoms. The van der Waals surface area contributed by atoms with Crippen LogP contribution in [0.25, 0.3) is 0 Å². The highest BCUT2D eigenvalue weighted by Gasteiger charge is 2.07. The molecule has 2 N–H and O–H groups in total. The summed E-state index contributed by atoms with van der Waals surface area (Å²) < 4.78 is 6.52. The molecule has 1 rings (SSSR count). The zero-order valence-electron chi connectivity index (χ0n) is 9.58. The second kappa shape index (κ2) is 6.87. The van der Waals surface area contributed by atoms with Gasteiger partial charge in [-0.25, -0.2) is 0 Å². The monoisotopic (exact) mass is 319 g/mol. The zero-order valence-corrected chi connectivity index (χ0v) is 11.9. The molecule has 1 aromatic rings. The van der Waals surface area contributed by atoms with Crippen LogP contribution in [0.5, 0.6) is 5.75 Å². The Morgan fingerprint density at radius 3 is 2.94 bits per heavy atom. The summed E-state index contributed by atoms with van der Waals surface area (Å²) in [4.78, 5) is 10.6. The molecule has 0 aromatic heterocycles. The van der Waals surface area contributed by atoms with Crippen LogP contribution in [0.15, 0.2) is 22.7 Å². The van der Waals surface area contributed by atoms with Gasteiger partial charge in [0.25, 0.3) is 0 Å². The highest BCUT2D eigenvalue weighted by atomic mass is 79.9. The van der Waals surface area contributed by atoms with Gasteiger partial charge in [-0.3, -0.25) is 4.79 Å². The summed E-state index contributed by atoms with van der Waals surface area (Å²) in [7, 11) is 0. The third kappa shape index (κ3) is 5.41. The van der Waals surface area contributed by atoms with Crippen molar-refractivity contribution in [1.29, 1.82) is 0 Å². The summed E-state index contributed by atoms with van der Waals surface area (Å²) in [5.41, 5.74) is 5.08. The van der Waals surface area contributed by atoms with Crippen molar-refractivity contribution in [3.63, 3.8) is 0 Å². The molecule has 1 aromatic carbocycles. The molecule has 1 atom stereocenters. The lowest BCUT2D eigenvalue weighted by Gasteiger charge is -2.13. The summed E-state index contributed by atoms with van der Waals surface area (Å²) in [6.07, 6.45) is 1.11. The van der Waals surface area contributed by atoms with E-state index in [0.717, 1.165) is 10.9 Å². The summed E-state index contributed by atoms with van der Waals surface area (Å²) >= 11 is 9.34. The van der Waals surface area contributed by atoms with Crippen LogP contribution in [-0.4, -0.2) is 12.5 Å². The topological polar surface area (TPSA) is 52.3 Å². The number of carbonyl (C=O) groups is 1. The smallest absolute Gasteiger partial charge is 0.217 e. The van der Waals surface area contributed by atoms with Crippen LogP contribution in [0, 0.1) is 5.92 Å². The average Bonchev–Trinajstić information content (AvgIpc) is 2.27. The minimum Gasteiger partial charge on any atom is -0.492 e. The molecule has 1 amide bonds. The lowest BCUT2D eigenvalue weighted by Crippen LogP contribution is -2.15. The Hall–Kier alpha value is -0.740. The average molecular weight is 321 g/mol. The van der Waals surface area contributed by atoms with Crippen molar-refractivity contribution < 1.29 is 9.53 Å². The molecule has 3 nitrogen and oxygen atoms in total. The van der Waals surface area contributed by atoms with Gasteiger partial charge in [-0.05, 0) is 30.5 Å². The van der Waals surface area contributed by atoms with Crippen molar-refractivity contribution in [3.8, 4) is 5.75 Å². The molecule has 17 heavy (non-hydrogen) atoms. The van der Waals surface area contributed by atoms with Crippen LogP contribution in [0.3, 0.4) is 0 Å². The van der Waals surface area contributed by atoms with Crippen LogP contribution in [0.1, 0.15) is 19.8 Å². The molecule has 0 bridgehead atoms. The van der Waals surface area contributed by atoms with Gasteiger partial charge in [0, 0.05) is 10.9 Å². The molecule has 0 saturated heterocycles. The van der Waals surface area contributed by atoms with E-state index in [4.69, 9.17) is 22.1 Å². The Bertz CT molecular complexity index is 398.